The first-order valence-electron chi connectivity index (χ1n) is 9.86. The molecule has 0 spiro atoms. The molecular weight excluding hydrogens is 456 g/mol. The maximum atomic E-state index is 13.1. The van der Waals surface area contributed by atoms with Crippen molar-refractivity contribution >= 4 is 25.9 Å². The van der Waals surface area contributed by atoms with Crippen LogP contribution in [0.25, 0.3) is 0 Å². The van der Waals surface area contributed by atoms with Gasteiger partial charge in [0, 0.05) is 12.6 Å². The van der Waals surface area contributed by atoms with Crippen molar-refractivity contribution in [2.45, 2.75) is 30.8 Å². The average molecular weight is 483 g/mol. The number of urea groups is 1. The minimum absolute atomic E-state index is 0.00417. The fraction of sp³-hybridized carbons (Fsp3) is 0.381. The Kier molecular flexibility index (Phi) is 6.99. The van der Waals surface area contributed by atoms with Crippen LogP contribution in [0.15, 0.2) is 47.4 Å². The van der Waals surface area contributed by atoms with E-state index in [2.05, 4.69) is 4.72 Å². The third-order valence-electron chi connectivity index (χ3n) is 5.26. The topological polar surface area (TPSA) is 119 Å². The third-order valence-corrected chi connectivity index (χ3v) is 8.35. The van der Waals surface area contributed by atoms with E-state index in [1.54, 1.807) is 30.3 Å². The Balaban J connectivity index is 1.89. The van der Waals surface area contributed by atoms with Crippen molar-refractivity contribution in [1.82, 2.24) is 9.62 Å². The Morgan fingerprint density at radius 3 is 2.31 bits per heavy atom. The molecule has 2 amide bonds. The van der Waals surface area contributed by atoms with Gasteiger partial charge in [-0.3, -0.25) is 0 Å². The van der Waals surface area contributed by atoms with E-state index >= 15 is 0 Å². The number of aryl methyl sites for hydroxylation is 1. The molecule has 1 saturated heterocycles. The molecule has 1 aliphatic rings. The van der Waals surface area contributed by atoms with Crippen LogP contribution in [0.3, 0.4) is 0 Å². The molecule has 3 rings (SSSR count). The fourth-order valence-electron chi connectivity index (χ4n) is 3.51. The summed E-state index contributed by atoms with van der Waals surface area (Å²) in [5.41, 5.74) is 1.51. The molecule has 1 atom stereocenters. The first-order valence-corrected chi connectivity index (χ1v) is 13.2. The Bertz CT molecular complexity index is 1190. The highest BCUT2D eigenvalue weighted by molar-refractivity contribution is 7.91. The summed E-state index contributed by atoms with van der Waals surface area (Å²) < 4.78 is 62.1. The number of sulfonamides is 1. The van der Waals surface area contributed by atoms with Gasteiger partial charge in [0.25, 0.3) is 10.0 Å². The lowest BCUT2D eigenvalue weighted by atomic mass is 10.1. The van der Waals surface area contributed by atoms with Crippen molar-refractivity contribution < 1.29 is 31.1 Å². The van der Waals surface area contributed by atoms with E-state index in [-0.39, 0.29) is 29.4 Å². The van der Waals surface area contributed by atoms with Gasteiger partial charge in [-0.25, -0.2) is 26.4 Å². The van der Waals surface area contributed by atoms with E-state index in [4.69, 9.17) is 9.47 Å². The molecule has 1 aliphatic heterocycles. The zero-order valence-corrected chi connectivity index (χ0v) is 19.7. The zero-order valence-electron chi connectivity index (χ0n) is 18.1. The fourth-order valence-corrected chi connectivity index (χ4v) is 6.20. The van der Waals surface area contributed by atoms with Crippen LogP contribution in [-0.4, -0.2) is 59.5 Å². The Labute approximate surface area is 188 Å². The number of rotatable bonds is 7. The number of ether oxygens (including phenoxy) is 2. The summed E-state index contributed by atoms with van der Waals surface area (Å²) in [6.45, 7) is 1.82. The molecule has 0 radical (unpaired) electrons. The molecule has 0 aliphatic carbocycles. The van der Waals surface area contributed by atoms with Gasteiger partial charge in [-0.15, -0.1) is 0 Å². The van der Waals surface area contributed by atoms with E-state index in [1.165, 1.54) is 31.3 Å². The van der Waals surface area contributed by atoms with Gasteiger partial charge in [-0.05, 0) is 43.2 Å². The predicted molar refractivity (Wildman–Crippen MR) is 119 cm³/mol. The van der Waals surface area contributed by atoms with Gasteiger partial charge in [-0.1, -0.05) is 23.8 Å². The van der Waals surface area contributed by atoms with Gasteiger partial charge in [0.1, 0.15) is 0 Å². The number of carbonyl (C=O) groups excluding carboxylic acids is 1. The highest BCUT2D eigenvalue weighted by atomic mass is 32.2. The van der Waals surface area contributed by atoms with E-state index in [0.717, 1.165) is 5.56 Å². The van der Waals surface area contributed by atoms with Crippen molar-refractivity contribution in [2.75, 3.05) is 25.7 Å². The summed E-state index contributed by atoms with van der Waals surface area (Å²) in [7, 11) is -4.46. The van der Waals surface area contributed by atoms with Gasteiger partial charge in [0.2, 0.25) is 0 Å². The number of nitrogens with zero attached hydrogens (tertiary/aromatic N) is 1. The number of sulfone groups is 1. The van der Waals surface area contributed by atoms with Crippen LogP contribution in [0, 0.1) is 6.92 Å². The summed E-state index contributed by atoms with van der Waals surface area (Å²) >= 11 is 0. The molecule has 11 heteroatoms. The van der Waals surface area contributed by atoms with Gasteiger partial charge < -0.3 is 14.4 Å². The molecule has 1 N–H and O–H groups in total. The predicted octanol–water partition coefficient (Wildman–Crippen LogP) is 2.10. The lowest BCUT2D eigenvalue weighted by Crippen LogP contribution is -2.48. The summed E-state index contributed by atoms with van der Waals surface area (Å²) in [4.78, 5) is 14.3. The van der Waals surface area contributed by atoms with E-state index in [9.17, 15) is 21.6 Å². The van der Waals surface area contributed by atoms with Crippen LogP contribution in [0.4, 0.5) is 4.79 Å². The molecule has 2 aromatic rings. The van der Waals surface area contributed by atoms with Gasteiger partial charge >= 0.3 is 6.03 Å². The average Bonchev–Trinajstić information content (AvgIpc) is 3.10. The van der Waals surface area contributed by atoms with Crippen LogP contribution in [-0.2, 0) is 26.4 Å². The number of carbonyl (C=O) groups is 1. The summed E-state index contributed by atoms with van der Waals surface area (Å²) in [6.07, 6.45) is 0.230. The molecular formula is C21H26N2O7S2. The molecule has 174 valence electrons. The normalized spacial score (nSPS) is 17.5. The smallest absolute Gasteiger partial charge is 0.331 e. The summed E-state index contributed by atoms with van der Waals surface area (Å²) in [5, 5.41) is 0. The van der Waals surface area contributed by atoms with Gasteiger partial charge in [0.05, 0.1) is 30.6 Å². The summed E-state index contributed by atoms with van der Waals surface area (Å²) in [5.74, 6) is 0.658. The summed E-state index contributed by atoms with van der Waals surface area (Å²) in [6, 6.07) is 9.57. The standard InChI is InChI=1S/C21H26N2O7S2/c1-15-4-7-18(8-5-15)32(27,28)22-21(24)23(17-10-11-31(25,26)14-17)13-16-6-9-19(29-2)20(12-16)30-3/h4-9,12,17H,10-11,13-14H2,1-3H3,(H,22,24). The first-order chi connectivity index (χ1) is 15.0. The largest absolute Gasteiger partial charge is 0.493 e. The van der Waals surface area contributed by atoms with E-state index in [1.807, 2.05) is 6.92 Å². The molecule has 1 unspecified atom stereocenters. The SMILES string of the molecule is COc1ccc(CN(C(=O)NS(=O)(=O)c2ccc(C)cc2)C2CCS(=O)(=O)C2)cc1OC. The molecule has 1 fully saturated rings. The highest BCUT2D eigenvalue weighted by Gasteiger charge is 2.36. The number of hydrogen-bond donors (Lipinski definition) is 1. The molecule has 9 nitrogen and oxygen atoms in total. The van der Waals surface area contributed by atoms with Crippen molar-refractivity contribution in [3.63, 3.8) is 0 Å². The van der Waals surface area contributed by atoms with Gasteiger partial charge in [-0.2, -0.15) is 0 Å². The second-order valence-corrected chi connectivity index (χ2v) is 11.5. The lowest BCUT2D eigenvalue weighted by Gasteiger charge is -2.28. The molecule has 0 saturated carbocycles. The van der Waals surface area contributed by atoms with Crippen LogP contribution in [0.1, 0.15) is 17.5 Å². The van der Waals surface area contributed by atoms with Crippen molar-refractivity contribution in [3.8, 4) is 11.5 Å². The second-order valence-electron chi connectivity index (χ2n) is 7.60. The molecule has 32 heavy (non-hydrogen) atoms. The maximum Gasteiger partial charge on any atom is 0.331 e. The van der Waals surface area contributed by atoms with E-state index in [0.29, 0.717) is 17.1 Å². The van der Waals surface area contributed by atoms with E-state index < -0.39 is 31.9 Å². The van der Waals surface area contributed by atoms with Gasteiger partial charge in [0.15, 0.2) is 21.3 Å². The minimum atomic E-state index is -4.13. The second kappa shape index (κ2) is 9.37. The number of benzene rings is 2. The monoisotopic (exact) mass is 482 g/mol. The number of hydrogen-bond acceptors (Lipinski definition) is 7. The number of nitrogens with one attached hydrogen (secondary N) is 1. The first kappa shape index (κ1) is 23.9. The number of methoxy groups -OCH3 is 2. The Morgan fingerprint density at radius 2 is 1.75 bits per heavy atom. The Morgan fingerprint density at radius 1 is 1.09 bits per heavy atom. The quantitative estimate of drug-likeness (QED) is 0.642. The number of amides is 2. The van der Waals surface area contributed by atoms with Crippen molar-refractivity contribution in [2.24, 2.45) is 0 Å². The third kappa shape index (κ3) is 5.52. The molecule has 1 heterocycles. The molecule has 2 aromatic carbocycles. The lowest BCUT2D eigenvalue weighted by molar-refractivity contribution is 0.182. The Hall–Kier alpha value is -2.79. The molecule has 0 bridgehead atoms. The maximum absolute atomic E-state index is 13.1. The minimum Gasteiger partial charge on any atom is -0.493 e. The zero-order chi connectivity index (χ0) is 23.5. The van der Waals surface area contributed by atoms with Crippen LogP contribution in [0.5, 0.6) is 11.5 Å². The van der Waals surface area contributed by atoms with Crippen molar-refractivity contribution in [1.29, 1.82) is 0 Å². The van der Waals surface area contributed by atoms with Crippen molar-refractivity contribution in [3.05, 3.63) is 53.6 Å². The van der Waals surface area contributed by atoms with Crippen LogP contribution >= 0.6 is 0 Å². The van der Waals surface area contributed by atoms with Crippen LogP contribution in [0.2, 0.25) is 0 Å². The molecule has 0 aromatic heterocycles. The van der Waals surface area contributed by atoms with Crippen LogP contribution < -0.4 is 14.2 Å². The highest BCUT2D eigenvalue weighted by Crippen LogP contribution is 2.29.